The Labute approximate surface area is 168 Å². The summed E-state index contributed by atoms with van der Waals surface area (Å²) in [6, 6.07) is 5.60. The Hall–Kier alpha value is -1.43. The van der Waals surface area contributed by atoms with Gasteiger partial charge in [0.1, 0.15) is 0 Å². The molecular formula is C16H24F3IN4O2. The van der Waals surface area contributed by atoms with Crippen LogP contribution in [0.4, 0.5) is 13.2 Å². The minimum absolute atomic E-state index is 0. The second-order valence-corrected chi connectivity index (χ2v) is 5.66. The number of halogens is 4. The van der Waals surface area contributed by atoms with Crippen LogP contribution in [0.25, 0.3) is 0 Å². The average Bonchev–Trinajstić information content (AvgIpc) is 2.98. The van der Waals surface area contributed by atoms with Crippen molar-refractivity contribution in [1.29, 1.82) is 0 Å². The summed E-state index contributed by atoms with van der Waals surface area (Å²) in [5.74, 6) is 1.96. The Kier molecular flexibility index (Phi) is 9.27. The number of hydrogen-bond acceptors (Lipinski definition) is 4. The number of nitrogens with zero attached hydrogens (tertiary/aromatic N) is 2. The number of aliphatic imine (C=N–C) groups is 1. The lowest BCUT2D eigenvalue weighted by molar-refractivity contribution is -0.142. The molecule has 0 spiro atoms. The minimum atomic E-state index is -4.19. The lowest BCUT2D eigenvalue weighted by Gasteiger charge is -2.19. The predicted molar refractivity (Wildman–Crippen MR) is 104 cm³/mol. The third-order valence-corrected chi connectivity index (χ3v) is 3.44. The largest absolute Gasteiger partial charge is 0.454 e. The van der Waals surface area contributed by atoms with Gasteiger partial charge in [-0.05, 0) is 31.7 Å². The van der Waals surface area contributed by atoms with Crippen LogP contribution in [-0.4, -0.2) is 57.1 Å². The van der Waals surface area contributed by atoms with E-state index in [1.165, 1.54) is 11.9 Å². The number of likely N-dealkylation sites (N-methyl/N-ethyl adjacent to an activating group) is 1. The van der Waals surface area contributed by atoms with Crippen molar-refractivity contribution in [3.8, 4) is 11.5 Å². The Bertz CT molecular complexity index is 599. The molecule has 0 fully saturated rings. The standard InChI is InChI=1S/C16H23F3N4O2.HI/c1-3-20-15(21-6-7-23(2)10-16(17,18)19)22-9-12-4-5-13-14(8-12)25-11-24-13;/h4-5,8H,3,6-7,9-11H2,1-2H3,(H2,20,21,22);1H. The van der Waals surface area contributed by atoms with Crippen LogP contribution in [0.15, 0.2) is 23.2 Å². The van der Waals surface area contributed by atoms with Crippen molar-refractivity contribution >= 4 is 29.9 Å². The predicted octanol–water partition coefficient (Wildman–Crippen LogP) is 2.58. The number of fused-ring (bicyclic) bond motifs is 1. The average molecular weight is 488 g/mol. The van der Waals surface area contributed by atoms with Gasteiger partial charge in [0.05, 0.1) is 13.1 Å². The lowest BCUT2D eigenvalue weighted by Crippen LogP contribution is -2.42. The molecule has 148 valence electrons. The molecule has 0 saturated heterocycles. The lowest BCUT2D eigenvalue weighted by atomic mass is 10.2. The van der Waals surface area contributed by atoms with Crippen molar-refractivity contribution in [1.82, 2.24) is 15.5 Å². The maximum absolute atomic E-state index is 12.3. The molecule has 2 N–H and O–H groups in total. The second-order valence-electron chi connectivity index (χ2n) is 5.66. The van der Waals surface area contributed by atoms with Crippen molar-refractivity contribution in [3.05, 3.63) is 23.8 Å². The van der Waals surface area contributed by atoms with E-state index < -0.39 is 12.7 Å². The van der Waals surface area contributed by atoms with E-state index in [1.807, 2.05) is 25.1 Å². The number of nitrogens with one attached hydrogen (secondary N) is 2. The van der Waals surface area contributed by atoms with Crippen molar-refractivity contribution < 1.29 is 22.6 Å². The molecule has 2 rings (SSSR count). The van der Waals surface area contributed by atoms with Crippen LogP contribution < -0.4 is 20.1 Å². The molecule has 0 amide bonds. The highest BCUT2D eigenvalue weighted by Crippen LogP contribution is 2.32. The quantitative estimate of drug-likeness (QED) is 0.351. The van der Waals surface area contributed by atoms with Gasteiger partial charge in [0.15, 0.2) is 17.5 Å². The van der Waals surface area contributed by atoms with E-state index in [0.717, 1.165) is 5.56 Å². The third-order valence-electron chi connectivity index (χ3n) is 3.44. The van der Waals surface area contributed by atoms with Gasteiger partial charge in [0, 0.05) is 19.6 Å². The molecule has 0 bridgehead atoms. The number of hydrogen-bond donors (Lipinski definition) is 2. The van der Waals surface area contributed by atoms with E-state index in [1.54, 1.807) is 0 Å². The third kappa shape index (κ3) is 7.85. The first-order chi connectivity index (χ1) is 11.9. The zero-order chi connectivity index (χ0) is 18.3. The number of ether oxygens (including phenoxy) is 2. The fraction of sp³-hybridized carbons (Fsp3) is 0.562. The maximum Gasteiger partial charge on any atom is 0.401 e. The molecule has 6 nitrogen and oxygen atoms in total. The van der Waals surface area contributed by atoms with Crippen molar-refractivity contribution in [2.24, 2.45) is 4.99 Å². The molecule has 0 radical (unpaired) electrons. The molecular weight excluding hydrogens is 464 g/mol. The summed E-state index contributed by atoms with van der Waals surface area (Å²) in [5.41, 5.74) is 0.954. The van der Waals surface area contributed by atoms with E-state index in [4.69, 9.17) is 9.47 Å². The molecule has 1 aliphatic heterocycles. The van der Waals surface area contributed by atoms with Gasteiger partial charge in [-0.3, -0.25) is 4.90 Å². The van der Waals surface area contributed by atoms with E-state index in [0.29, 0.717) is 37.1 Å². The van der Waals surface area contributed by atoms with Crippen LogP contribution in [0.1, 0.15) is 12.5 Å². The number of rotatable bonds is 7. The summed E-state index contributed by atoms with van der Waals surface area (Å²) in [7, 11) is 1.44. The van der Waals surface area contributed by atoms with Crippen LogP contribution in [0.2, 0.25) is 0 Å². The van der Waals surface area contributed by atoms with Gasteiger partial charge in [0.2, 0.25) is 6.79 Å². The Morgan fingerprint density at radius 1 is 1.23 bits per heavy atom. The SMILES string of the molecule is CCNC(=NCc1ccc2c(c1)OCO2)NCCN(C)CC(F)(F)F.I. The highest BCUT2D eigenvalue weighted by Gasteiger charge is 2.28. The van der Waals surface area contributed by atoms with Gasteiger partial charge in [-0.25, -0.2) is 4.99 Å². The van der Waals surface area contributed by atoms with Crippen LogP contribution in [0, 0.1) is 0 Å². The van der Waals surface area contributed by atoms with E-state index in [-0.39, 0.29) is 37.3 Å². The smallest absolute Gasteiger partial charge is 0.401 e. The fourth-order valence-corrected chi connectivity index (χ4v) is 2.30. The van der Waals surface area contributed by atoms with Gasteiger partial charge in [0.25, 0.3) is 0 Å². The normalized spacial score (nSPS) is 13.5. The first kappa shape index (κ1) is 22.6. The fourth-order valence-electron chi connectivity index (χ4n) is 2.30. The molecule has 0 aromatic heterocycles. The minimum Gasteiger partial charge on any atom is -0.454 e. The highest BCUT2D eigenvalue weighted by molar-refractivity contribution is 14.0. The highest BCUT2D eigenvalue weighted by atomic mass is 127. The van der Waals surface area contributed by atoms with E-state index in [9.17, 15) is 13.2 Å². The van der Waals surface area contributed by atoms with Crippen LogP contribution in [0.5, 0.6) is 11.5 Å². The molecule has 0 atom stereocenters. The molecule has 1 aromatic carbocycles. The summed E-state index contributed by atoms with van der Waals surface area (Å²) in [4.78, 5) is 5.65. The first-order valence-electron chi connectivity index (χ1n) is 8.03. The van der Waals surface area contributed by atoms with Crippen molar-refractivity contribution in [2.45, 2.75) is 19.6 Å². The van der Waals surface area contributed by atoms with Gasteiger partial charge in [-0.1, -0.05) is 6.07 Å². The zero-order valence-corrected chi connectivity index (χ0v) is 17.1. The van der Waals surface area contributed by atoms with Crippen LogP contribution >= 0.6 is 24.0 Å². The molecule has 1 heterocycles. The number of guanidine groups is 1. The topological polar surface area (TPSA) is 58.1 Å². The number of benzene rings is 1. The molecule has 26 heavy (non-hydrogen) atoms. The molecule has 0 aliphatic carbocycles. The number of alkyl halides is 3. The van der Waals surface area contributed by atoms with Crippen molar-refractivity contribution in [3.63, 3.8) is 0 Å². The zero-order valence-electron chi connectivity index (χ0n) is 14.7. The van der Waals surface area contributed by atoms with Gasteiger partial charge < -0.3 is 20.1 Å². The van der Waals surface area contributed by atoms with Crippen LogP contribution in [-0.2, 0) is 6.54 Å². The molecule has 1 aromatic rings. The molecule has 1 aliphatic rings. The van der Waals surface area contributed by atoms with E-state index >= 15 is 0 Å². The van der Waals surface area contributed by atoms with Gasteiger partial charge >= 0.3 is 6.18 Å². The van der Waals surface area contributed by atoms with Gasteiger partial charge in [-0.2, -0.15) is 13.2 Å². The molecule has 10 heteroatoms. The Balaban J connectivity index is 0.00000338. The molecule has 0 saturated carbocycles. The summed E-state index contributed by atoms with van der Waals surface area (Å²) >= 11 is 0. The van der Waals surface area contributed by atoms with E-state index in [2.05, 4.69) is 15.6 Å². The first-order valence-corrected chi connectivity index (χ1v) is 8.03. The van der Waals surface area contributed by atoms with Gasteiger partial charge in [-0.15, -0.1) is 24.0 Å². The summed E-state index contributed by atoms with van der Waals surface area (Å²) < 4.78 is 47.5. The Morgan fingerprint density at radius 2 is 1.96 bits per heavy atom. The Morgan fingerprint density at radius 3 is 2.65 bits per heavy atom. The molecule has 0 unspecified atom stereocenters. The summed E-state index contributed by atoms with van der Waals surface area (Å²) in [6.45, 7) is 2.91. The monoisotopic (exact) mass is 488 g/mol. The van der Waals surface area contributed by atoms with Crippen LogP contribution in [0.3, 0.4) is 0 Å². The second kappa shape index (κ2) is 10.7. The summed E-state index contributed by atoms with van der Waals surface area (Å²) in [5, 5.41) is 6.10. The van der Waals surface area contributed by atoms with Crippen molar-refractivity contribution in [2.75, 3.05) is 40.0 Å². The summed E-state index contributed by atoms with van der Waals surface area (Å²) in [6.07, 6.45) is -4.19. The maximum atomic E-state index is 12.3.